The minimum Gasteiger partial charge on any atom is -0.478 e. The number of hydrogen-bond acceptors (Lipinski definition) is 3. The molecular formula is C14H13FN2O2. The Morgan fingerprint density at radius 1 is 1.21 bits per heavy atom. The van der Waals surface area contributed by atoms with Gasteiger partial charge >= 0.3 is 5.97 Å². The van der Waals surface area contributed by atoms with Crippen molar-refractivity contribution < 1.29 is 14.3 Å². The van der Waals surface area contributed by atoms with Crippen LogP contribution >= 0.6 is 0 Å². The summed E-state index contributed by atoms with van der Waals surface area (Å²) in [5.41, 5.74) is 8.21. The van der Waals surface area contributed by atoms with Crippen molar-refractivity contribution in [1.82, 2.24) is 0 Å². The number of nitrogens with one attached hydrogen (secondary N) is 1. The second kappa shape index (κ2) is 4.97. The van der Waals surface area contributed by atoms with Crippen LogP contribution in [0.1, 0.15) is 15.9 Å². The van der Waals surface area contributed by atoms with Crippen LogP contribution in [0.25, 0.3) is 0 Å². The minimum atomic E-state index is -1.03. The molecule has 0 bridgehead atoms. The van der Waals surface area contributed by atoms with Crippen LogP contribution in [-0.2, 0) is 0 Å². The van der Waals surface area contributed by atoms with E-state index in [9.17, 15) is 9.18 Å². The van der Waals surface area contributed by atoms with Crippen LogP contribution in [0.15, 0.2) is 36.4 Å². The topological polar surface area (TPSA) is 75.3 Å². The lowest BCUT2D eigenvalue weighted by Crippen LogP contribution is -2.02. The highest BCUT2D eigenvalue weighted by Gasteiger charge is 2.08. The minimum absolute atomic E-state index is 0.136. The Bertz CT molecular complexity index is 641. The fraction of sp³-hybridized carbons (Fsp3) is 0.0714. The molecule has 0 aliphatic heterocycles. The maximum Gasteiger partial charge on any atom is 0.335 e. The SMILES string of the molecule is Cc1cc(F)ccc1Nc1cc(C(=O)O)ccc1N. The zero-order valence-electron chi connectivity index (χ0n) is 10.3. The van der Waals surface area contributed by atoms with E-state index in [0.29, 0.717) is 22.6 Å². The lowest BCUT2D eigenvalue weighted by atomic mass is 10.1. The predicted octanol–water partition coefficient (Wildman–Crippen LogP) is 3.16. The molecule has 0 saturated carbocycles. The lowest BCUT2D eigenvalue weighted by Gasteiger charge is -2.12. The van der Waals surface area contributed by atoms with Gasteiger partial charge in [-0.2, -0.15) is 0 Å². The molecule has 4 N–H and O–H groups in total. The molecular weight excluding hydrogens is 247 g/mol. The van der Waals surface area contributed by atoms with Crippen molar-refractivity contribution in [1.29, 1.82) is 0 Å². The van der Waals surface area contributed by atoms with Crippen LogP contribution in [0, 0.1) is 12.7 Å². The van der Waals surface area contributed by atoms with Gasteiger partial charge in [0, 0.05) is 5.69 Å². The maximum atomic E-state index is 13.0. The molecule has 0 radical (unpaired) electrons. The summed E-state index contributed by atoms with van der Waals surface area (Å²) in [5.74, 6) is -1.35. The van der Waals surface area contributed by atoms with Gasteiger partial charge in [0.25, 0.3) is 0 Å². The van der Waals surface area contributed by atoms with Gasteiger partial charge in [0.15, 0.2) is 0 Å². The second-order valence-electron chi connectivity index (χ2n) is 4.19. The summed E-state index contributed by atoms with van der Waals surface area (Å²) < 4.78 is 13.0. The van der Waals surface area contributed by atoms with Crippen molar-refractivity contribution in [3.05, 3.63) is 53.3 Å². The van der Waals surface area contributed by atoms with Crippen LogP contribution in [0.5, 0.6) is 0 Å². The number of carbonyl (C=O) groups is 1. The van der Waals surface area contributed by atoms with Crippen molar-refractivity contribution >= 4 is 23.0 Å². The monoisotopic (exact) mass is 260 g/mol. The van der Waals surface area contributed by atoms with Gasteiger partial charge in [-0.25, -0.2) is 9.18 Å². The highest BCUT2D eigenvalue weighted by Crippen LogP contribution is 2.26. The summed E-state index contributed by atoms with van der Waals surface area (Å²) in [6.07, 6.45) is 0. The standard InChI is InChI=1S/C14H13FN2O2/c1-8-6-10(15)3-5-12(8)17-13-7-9(14(18)19)2-4-11(13)16/h2-7,17H,16H2,1H3,(H,18,19). The van der Waals surface area contributed by atoms with E-state index in [1.54, 1.807) is 13.0 Å². The molecule has 0 unspecified atom stereocenters. The van der Waals surface area contributed by atoms with E-state index in [2.05, 4.69) is 5.32 Å². The molecule has 2 rings (SSSR count). The molecule has 0 saturated heterocycles. The fourth-order valence-electron chi connectivity index (χ4n) is 1.71. The van der Waals surface area contributed by atoms with E-state index in [1.807, 2.05) is 0 Å². The molecule has 2 aromatic carbocycles. The normalized spacial score (nSPS) is 10.2. The van der Waals surface area contributed by atoms with E-state index in [0.717, 1.165) is 0 Å². The third kappa shape index (κ3) is 2.82. The van der Waals surface area contributed by atoms with Crippen molar-refractivity contribution in [3.8, 4) is 0 Å². The van der Waals surface area contributed by atoms with Gasteiger partial charge in [0.1, 0.15) is 5.82 Å². The third-order valence-corrected chi connectivity index (χ3v) is 2.76. The van der Waals surface area contributed by atoms with Crippen LogP contribution in [-0.4, -0.2) is 11.1 Å². The van der Waals surface area contributed by atoms with Crippen molar-refractivity contribution in [2.45, 2.75) is 6.92 Å². The summed E-state index contributed by atoms with van der Waals surface area (Å²) in [6.45, 7) is 1.75. The van der Waals surface area contributed by atoms with Crippen LogP contribution in [0.4, 0.5) is 21.5 Å². The van der Waals surface area contributed by atoms with Gasteiger partial charge in [-0.1, -0.05) is 0 Å². The van der Waals surface area contributed by atoms with Crippen LogP contribution in [0.3, 0.4) is 0 Å². The van der Waals surface area contributed by atoms with Gasteiger partial charge in [-0.15, -0.1) is 0 Å². The average Bonchev–Trinajstić information content (AvgIpc) is 2.34. The Balaban J connectivity index is 2.37. The number of benzene rings is 2. The first-order valence-corrected chi connectivity index (χ1v) is 5.63. The number of aromatic carboxylic acids is 1. The van der Waals surface area contributed by atoms with Gasteiger partial charge in [-0.3, -0.25) is 0 Å². The van der Waals surface area contributed by atoms with Gasteiger partial charge in [-0.05, 0) is 48.9 Å². The molecule has 0 heterocycles. The molecule has 5 heteroatoms. The molecule has 0 amide bonds. The van der Waals surface area contributed by atoms with Gasteiger partial charge in [0.2, 0.25) is 0 Å². The van der Waals surface area contributed by atoms with Crippen molar-refractivity contribution in [2.75, 3.05) is 11.1 Å². The molecule has 19 heavy (non-hydrogen) atoms. The van der Waals surface area contributed by atoms with E-state index in [4.69, 9.17) is 10.8 Å². The smallest absolute Gasteiger partial charge is 0.335 e. The lowest BCUT2D eigenvalue weighted by molar-refractivity contribution is 0.0697. The third-order valence-electron chi connectivity index (χ3n) is 2.76. The zero-order chi connectivity index (χ0) is 14.0. The van der Waals surface area contributed by atoms with Crippen molar-refractivity contribution in [3.63, 3.8) is 0 Å². The van der Waals surface area contributed by atoms with Crippen molar-refractivity contribution in [2.24, 2.45) is 0 Å². The average molecular weight is 260 g/mol. The summed E-state index contributed by atoms with van der Waals surface area (Å²) in [4.78, 5) is 10.9. The number of rotatable bonds is 3. The summed E-state index contributed by atoms with van der Waals surface area (Å²) in [6, 6.07) is 8.69. The number of carboxylic acids is 1. The summed E-state index contributed by atoms with van der Waals surface area (Å²) in [5, 5.41) is 11.9. The largest absolute Gasteiger partial charge is 0.478 e. The molecule has 0 aromatic heterocycles. The highest BCUT2D eigenvalue weighted by atomic mass is 19.1. The first-order valence-electron chi connectivity index (χ1n) is 5.63. The van der Waals surface area contributed by atoms with Gasteiger partial charge < -0.3 is 16.2 Å². The van der Waals surface area contributed by atoms with E-state index >= 15 is 0 Å². The molecule has 0 atom stereocenters. The second-order valence-corrected chi connectivity index (χ2v) is 4.19. The molecule has 0 fully saturated rings. The number of hydrogen-bond donors (Lipinski definition) is 3. The Labute approximate surface area is 109 Å². The number of anilines is 3. The first kappa shape index (κ1) is 12.9. The van der Waals surface area contributed by atoms with E-state index < -0.39 is 5.97 Å². The summed E-state index contributed by atoms with van der Waals surface area (Å²) in [7, 11) is 0. The number of halogens is 1. The highest BCUT2D eigenvalue weighted by molar-refractivity contribution is 5.91. The maximum absolute atomic E-state index is 13.0. The summed E-state index contributed by atoms with van der Waals surface area (Å²) >= 11 is 0. The molecule has 2 aromatic rings. The Kier molecular flexibility index (Phi) is 3.37. The molecule has 4 nitrogen and oxygen atoms in total. The number of nitrogens with two attached hydrogens (primary N) is 1. The van der Waals surface area contributed by atoms with E-state index in [1.165, 1.54) is 30.3 Å². The number of carboxylic acid groups (broad SMARTS) is 1. The number of aryl methyl sites for hydroxylation is 1. The zero-order valence-corrected chi connectivity index (χ0v) is 10.3. The Morgan fingerprint density at radius 3 is 2.58 bits per heavy atom. The van der Waals surface area contributed by atoms with Crippen LogP contribution < -0.4 is 11.1 Å². The van der Waals surface area contributed by atoms with Crippen LogP contribution in [0.2, 0.25) is 0 Å². The van der Waals surface area contributed by atoms with E-state index in [-0.39, 0.29) is 11.4 Å². The van der Waals surface area contributed by atoms with Gasteiger partial charge in [0.05, 0.1) is 16.9 Å². The quantitative estimate of drug-likeness (QED) is 0.741. The fourth-order valence-corrected chi connectivity index (χ4v) is 1.71. The molecule has 0 aliphatic rings. The number of nitrogen functional groups attached to an aromatic ring is 1. The molecule has 98 valence electrons. The Hall–Kier alpha value is -2.56. The first-order chi connectivity index (χ1) is 8.97. The molecule has 0 aliphatic carbocycles. The molecule has 0 spiro atoms. The predicted molar refractivity (Wildman–Crippen MR) is 72.2 cm³/mol. The Morgan fingerprint density at radius 2 is 1.95 bits per heavy atom.